The van der Waals surface area contributed by atoms with Gasteiger partial charge in [-0.2, -0.15) is 0 Å². The average Bonchev–Trinajstić information content (AvgIpc) is 2.73. The fraction of sp³-hybridized carbons (Fsp3) is 0.238. The van der Waals surface area contributed by atoms with E-state index >= 15 is 0 Å². The molecule has 1 aliphatic heterocycles. The second-order valence-electron chi connectivity index (χ2n) is 6.73. The number of carbonyl (C=O) groups excluding carboxylic acids is 1. The molecule has 0 aliphatic carbocycles. The van der Waals surface area contributed by atoms with Crippen molar-refractivity contribution in [3.05, 3.63) is 59.1 Å². The summed E-state index contributed by atoms with van der Waals surface area (Å²) in [7, 11) is 0. The lowest BCUT2D eigenvalue weighted by Crippen LogP contribution is -2.36. The van der Waals surface area contributed by atoms with Crippen LogP contribution in [0, 0.1) is 0 Å². The quantitative estimate of drug-likeness (QED) is 0.407. The Balaban J connectivity index is 2.08. The van der Waals surface area contributed by atoms with E-state index in [9.17, 15) is 4.79 Å². The molecule has 27 heavy (non-hydrogen) atoms. The van der Waals surface area contributed by atoms with E-state index < -0.39 is 0 Å². The van der Waals surface area contributed by atoms with Crippen LogP contribution in [0.5, 0.6) is 0 Å². The van der Waals surface area contributed by atoms with Crippen molar-refractivity contribution in [3.8, 4) is 11.1 Å². The van der Waals surface area contributed by atoms with E-state index in [1.165, 1.54) is 6.42 Å². The predicted octanol–water partition coefficient (Wildman–Crippen LogP) is 4.15. The maximum Gasteiger partial charge on any atom is 0.269 e. The first-order valence-electron chi connectivity index (χ1n) is 9.13. The van der Waals surface area contributed by atoms with Gasteiger partial charge < -0.3 is 4.90 Å². The molecule has 3 N–H and O–H groups in total. The topological polar surface area (TPSA) is 71.2 Å². The van der Waals surface area contributed by atoms with E-state index in [-0.39, 0.29) is 5.91 Å². The van der Waals surface area contributed by atoms with Gasteiger partial charge in [0, 0.05) is 29.1 Å². The number of fused-ring (bicyclic) bond motifs is 1. The van der Waals surface area contributed by atoms with Crippen LogP contribution in [-0.2, 0) is 0 Å². The van der Waals surface area contributed by atoms with Gasteiger partial charge >= 0.3 is 0 Å². The van der Waals surface area contributed by atoms with Gasteiger partial charge in [-0.25, -0.2) is 10.8 Å². The lowest BCUT2D eigenvalue weighted by atomic mass is 9.94. The summed E-state index contributed by atoms with van der Waals surface area (Å²) in [4.78, 5) is 19.9. The van der Waals surface area contributed by atoms with Crippen LogP contribution in [0.3, 0.4) is 0 Å². The minimum atomic E-state index is -0.344. The summed E-state index contributed by atoms with van der Waals surface area (Å²) in [6, 6.07) is 15.4. The Labute approximate surface area is 163 Å². The van der Waals surface area contributed by atoms with Crippen molar-refractivity contribution in [1.82, 2.24) is 10.4 Å². The molecule has 1 saturated heterocycles. The summed E-state index contributed by atoms with van der Waals surface area (Å²) in [6.45, 7) is 1.76. The first-order valence-corrected chi connectivity index (χ1v) is 9.51. The highest BCUT2D eigenvalue weighted by Gasteiger charge is 2.26. The number of halogens is 1. The van der Waals surface area contributed by atoms with Crippen molar-refractivity contribution in [1.29, 1.82) is 0 Å². The molecule has 1 aromatic heterocycles. The molecular formula is C21H21ClN4O. The van der Waals surface area contributed by atoms with E-state index in [4.69, 9.17) is 22.4 Å². The fourth-order valence-electron chi connectivity index (χ4n) is 3.75. The Bertz CT molecular complexity index is 984. The molecule has 1 aliphatic rings. The van der Waals surface area contributed by atoms with Crippen LogP contribution in [0.25, 0.3) is 22.0 Å². The molecule has 138 valence electrons. The van der Waals surface area contributed by atoms with Gasteiger partial charge in [0.25, 0.3) is 5.91 Å². The van der Waals surface area contributed by atoms with Crippen molar-refractivity contribution in [2.75, 3.05) is 18.0 Å². The highest BCUT2D eigenvalue weighted by molar-refractivity contribution is 6.31. The number of nitrogens with two attached hydrogens (primary N) is 1. The Morgan fingerprint density at radius 3 is 2.52 bits per heavy atom. The van der Waals surface area contributed by atoms with Gasteiger partial charge in [-0.05, 0) is 43.0 Å². The number of pyridine rings is 1. The third-order valence-corrected chi connectivity index (χ3v) is 5.24. The zero-order valence-electron chi connectivity index (χ0n) is 14.9. The van der Waals surface area contributed by atoms with Gasteiger partial charge in [0.2, 0.25) is 0 Å². The molecule has 5 nitrogen and oxygen atoms in total. The maximum atomic E-state index is 12.9. The van der Waals surface area contributed by atoms with Gasteiger partial charge in [0.15, 0.2) is 0 Å². The van der Waals surface area contributed by atoms with Crippen LogP contribution in [0.2, 0.25) is 5.02 Å². The third kappa shape index (κ3) is 3.36. The van der Waals surface area contributed by atoms with Gasteiger partial charge in [0.1, 0.15) is 5.82 Å². The zero-order valence-corrected chi connectivity index (χ0v) is 15.7. The molecular weight excluding hydrogens is 360 g/mol. The molecule has 4 rings (SSSR count). The van der Waals surface area contributed by atoms with Crippen molar-refractivity contribution < 1.29 is 4.79 Å². The van der Waals surface area contributed by atoms with Crippen LogP contribution in [-0.4, -0.2) is 24.0 Å². The number of nitrogens with one attached hydrogen (secondary N) is 1. The number of hydrogen-bond acceptors (Lipinski definition) is 4. The van der Waals surface area contributed by atoms with Gasteiger partial charge in [0.05, 0.1) is 11.1 Å². The van der Waals surface area contributed by atoms with Crippen molar-refractivity contribution in [3.63, 3.8) is 0 Å². The smallest absolute Gasteiger partial charge is 0.269 e. The summed E-state index contributed by atoms with van der Waals surface area (Å²) >= 11 is 6.27. The number of hydrogen-bond donors (Lipinski definition) is 2. The van der Waals surface area contributed by atoms with Crippen LogP contribution < -0.4 is 16.2 Å². The fourth-order valence-corrected chi connectivity index (χ4v) is 3.92. The van der Waals surface area contributed by atoms with Crippen LogP contribution in [0.4, 0.5) is 5.82 Å². The van der Waals surface area contributed by atoms with Crippen LogP contribution in [0.15, 0.2) is 48.5 Å². The van der Waals surface area contributed by atoms with E-state index in [0.717, 1.165) is 48.0 Å². The third-order valence-electron chi connectivity index (χ3n) is 5.00. The first-order chi connectivity index (χ1) is 13.2. The molecule has 0 radical (unpaired) electrons. The Hall–Kier alpha value is -2.63. The summed E-state index contributed by atoms with van der Waals surface area (Å²) in [5.74, 6) is 5.89. The van der Waals surface area contributed by atoms with Crippen molar-refractivity contribution >= 4 is 34.2 Å². The summed E-state index contributed by atoms with van der Waals surface area (Å²) in [6.07, 6.45) is 3.37. The van der Waals surface area contributed by atoms with Gasteiger partial charge in [-0.1, -0.05) is 41.9 Å². The number of amides is 1. The molecule has 1 amide bonds. The van der Waals surface area contributed by atoms with Crippen molar-refractivity contribution in [2.24, 2.45) is 5.84 Å². The number of aromatic nitrogens is 1. The summed E-state index contributed by atoms with van der Waals surface area (Å²) in [5, 5.41) is 1.44. The summed E-state index contributed by atoms with van der Waals surface area (Å²) in [5.41, 5.74) is 5.37. The number of hydrazine groups is 1. The number of anilines is 1. The summed E-state index contributed by atoms with van der Waals surface area (Å²) < 4.78 is 0. The highest BCUT2D eigenvalue weighted by Crippen LogP contribution is 2.38. The molecule has 0 atom stereocenters. The molecule has 6 heteroatoms. The molecule has 0 spiro atoms. The predicted molar refractivity (Wildman–Crippen MR) is 110 cm³/mol. The lowest BCUT2D eigenvalue weighted by Gasteiger charge is -2.30. The molecule has 0 bridgehead atoms. The standard InChI is InChI=1S/C21H21ClN4O/c22-15-9-10-17-16(13-15)18(14-7-3-1-4-8-14)19(21(27)25-23)20(24-17)26-11-5-2-6-12-26/h1,3-4,7-10,13H,2,5-6,11-12,23H2,(H,25,27). The molecule has 3 aromatic rings. The Kier molecular flexibility index (Phi) is 4.97. The number of carbonyl (C=O) groups is 1. The second-order valence-corrected chi connectivity index (χ2v) is 7.17. The van der Waals surface area contributed by atoms with E-state index in [1.54, 1.807) is 0 Å². The number of rotatable bonds is 3. The monoisotopic (exact) mass is 380 g/mol. The van der Waals surface area contributed by atoms with Gasteiger partial charge in [-0.15, -0.1) is 0 Å². The Morgan fingerprint density at radius 1 is 1.07 bits per heavy atom. The molecule has 2 heterocycles. The average molecular weight is 381 g/mol. The van der Waals surface area contributed by atoms with Gasteiger partial charge in [-0.3, -0.25) is 10.2 Å². The normalized spacial score (nSPS) is 14.4. The maximum absolute atomic E-state index is 12.9. The van der Waals surface area contributed by atoms with E-state index in [2.05, 4.69) is 10.3 Å². The molecule has 2 aromatic carbocycles. The number of benzene rings is 2. The minimum absolute atomic E-state index is 0.344. The SMILES string of the molecule is NNC(=O)c1c(N2CCCCC2)nc2ccc(Cl)cc2c1-c1ccccc1. The number of piperidine rings is 1. The molecule has 0 saturated carbocycles. The van der Waals surface area contributed by atoms with Crippen LogP contribution in [0.1, 0.15) is 29.6 Å². The molecule has 1 fully saturated rings. The first kappa shape index (κ1) is 17.8. The molecule has 0 unspecified atom stereocenters. The van der Waals surface area contributed by atoms with E-state index in [1.807, 2.05) is 48.5 Å². The number of nitrogens with zero attached hydrogens (tertiary/aromatic N) is 2. The van der Waals surface area contributed by atoms with Crippen molar-refractivity contribution in [2.45, 2.75) is 19.3 Å². The zero-order chi connectivity index (χ0) is 18.8. The lowest BCUT2D eigenvalue weighted by molar-refractivity contribution is 0.0954. The van der Waals surface area contributed by atoms with E-state index in [0.29, 0.717) is 16.4 Å². The minimum Gasteiger partial charge on any atom is -0.356 e. The second kappa shape index (κ2) is 7.55. The van der Waals surface area contributed by atoms with Crippen LogP contribution >= 0.6 is 11.6 Å². The largest absolute Gasteiger partial charge is 0.356 e. The Morgan fingerprint density at radius 2 is 1.81 bits per heavy atom. The highest BCUT2D eigenvalue weighted by atomic mass is 35.5. The number of nitrogen functional groups attached to an aromatic ring is 1.